The Kier molecular flexibility index (Phi) is 9.95. The molecule has 0 spiro atoms. The van der Waals surface area contributed by atoms with Crippen molar-refractivity contribution in [2.75, 3.05) is 6.61 Å². The largest absolute Gasteiger partial charge is 0.507 e. The van der Waals surface area contributed by atoms with Crippen molar-refractivity contribution in [3.05, 3.63) is 40.3 Å². The molecule has 0 amide bonds. The smallest absolute Gasteiger partial charge is 0.303 e. The van der Waals surface area contributed by atoms with Gasteiger partial charge in [0.25, 0.3) is 0 Å². The third-order valence-corrected chi connectivity index (χ3v) is 5.93. The van der Waals surface area contributed by atoms with Gasteiger partial charge < -0.3 is 33.5 Å². The minimum absolute atomic E-state index is 0.00129. The van der Waals surface area contributed by atoms with E-state index < -0.39 is 66.9 Å². The van der Waals surface area contributed by atoms with Crippen LogP contribution in [0, 0.1) is 0 Å². The molecule has 2 aromatic rings. The van der Waals surface area contributed by atoms with E-state index in [0.717, 1.165) is 33.8 Å². The number of phenolic OH excluding ortho intramolecular Hbond substituents is 1. The fourth-order valence-electron chi connectivity index (χ4n) is 3.82. The maximum absolute atomic E-state index is 12.6. The van der Waals surface area contributed by atoms with E-state index in [0.29, 0.717) is 5.69 Å². The average Bonchev–Trinajstić information content (AvgIpc) is 3.33. The Labute approximate surface area is 226 Å². The quantitative estimate of drug-likeness (QED) is 0.251. The standard InChI is InChI=1S/C25H27NO12S/c1-12(27)33-9-21-22(34-13(2)28)23(35-14(3)29)24(36-15(4)30)25(38-21)37-17-5-6-18(20(32)8-17)19(31)7-16-10-39-11-26-16/h5-6,8,10-11,21-25,32H,7,9H2,1-4H3/t21-,22-,23-,24-,25+/m0/s1. The Bertz CT molecular complexity index is 1210. The van der Waals surface area contributed by atoms with Crippen LogP contribution in [-0.2, 0) is 49.3 Å². The molecule has 13 nitrogen and oxygen atoms in total. The topological polar surface area (TPSA) is 174 Å². The van der Waals surface area contributed by atoms with E-state index in [-0.39, 0.29) is 23.5 Å². The van der Waals surface area contributed by atoms with Crippen LogP contribution in [0.3, 0.4) is 0 Å². The van der Waals surface area contributed by atoms with E-state index in [1.807, 2.05) is 0 Å². The van der Waals surface area contributed by atoms with E-state index in [2.05, 4.69) is 4.98 Å². The number of rotatable bonds is 10. The molecule has 1 aromatic carbocycles. The van der Waals surface area contributed by atoms with Gasteiger partial charge in [-0.3, -0.25) is 24.0 Å². The van der Waals surface area contributed by atoms with Crippen LogP contribution < -0.4 is 4.74 Å². The second-order valence-corrected chi connectivity index (χ2v) is 9.16. The highest BCUT2D eigenvalue weighted by Crippen LogP contribution is 2.32. The van der Waals surface area contributed by atoms with Crippen molar-refractivity contribution in [1.82, 2.24) is 4.98 Å². The monoisotopic (exact) mass is 565 g/mol. The Balaban J connectivity index is 1.91. The lowest BCUT2D eigenvalue weighted by Crippen LogP contribution is -2.63. The van der Waals surface area contributed by atoms with Gasteiger partial charge in [0.05, 0.1) is 23.2 Å². The number of Topliss-reactive ketones (excluding diaryl/α,β-unsaturated/α-hetero) is 1. The van der Waals surface area contributed by atoms with Crippen LogP contribution in [0.4, 0.5) is 0 Å². The molecule has 0 bridgehead atoms. The second-order valence-electron chi connectivity index (χ2n) is 8.44. The number of nitrogens with zero attached hydrogens (tertiary/aromatic N) is 1. The molecule has 1 aliphatic heterocycles. The summed E-state index contributed by atoms with van der Waals surface area (Å²) in [4.78, 5) is 63.8. The Morgan fingerprint density at radius 2 is 1.56 bits per heavy atom. The average molecular weight is 566 g/mol. The van der Waals surface area contributed by atoms with Gasteiger partial charge in [-0.1, -0.05) is 0 Å². The predicted molar refractivity (Wildman–Crippen MR) is 131 cm³/mol. The number of thiazole rings is 1. The van der Waals surface area contributed by atoms with Gasteiger partial charge in [0.2, 0.25) is 12.4 Å². The minimum atomic E-state index is -1.48. The van der Waals surface area contributed by atoms with Crippen molar-refractivity contribution in [2.24, 2.45) is 0 Å². The van der Waals surface area contributed by atoms with Crippen LogP contribution >= 0.6 is 11.3 Å². The lowest BCUT2D eigenvalue weighted by atomic mass is 9.98. The number of phenols is 1. The van der Waals surface area contributed by atoms with E-state index in [1.165, 1.54) is 23.5 Å². The molecule has 0 aliphatic carbocycles. The molecule has 1 aliphatic rings. The zero-order valence-electron chi connectivity index (χ0n) is 21.5. The van der Waals surface area contributed by atoms with Gasteiger partial charge in [0.1, 0.15) is 24.2 Å². The van der Waals surface area contributed by atoms with Gasteiger partial charge in [0, 0.05) is 39.1 Å². The number of ether oxygens (including phenoxy) is 6. The van der Waals surface area contributed by atoms with E-state index >= 15 is 0 Å². The molecular weight excluding hydrogens is 538 g/mol. The SMILES string of the molecule is CC(=O)OC[C@@H]1O[C@@H](Oc2ccc(C(=O)Cc3cscn3)c(O)c2)[C@@H](OC(C)=O)[C@@H](OC(C)=O)[C@H]1OC(C)=O. The molecule has 1 N–H and O–H groups in total. The van der Waals surface area contributed by atoms with Crippen LogP contribution in [-0.4, -0.2) is 77.1 Å². The van der Waals surface area contributed by atoms with E-state index in [9.17, 15) is 29.1 Å². The third-order valence-electron chi connectivity index (χ3n) is 5.30. The van der Waals surface area contributed by atoms with Crippen LogP contribution in [0.5, 0.6) is 11.5 Å². The summed E-state index contributed by atoms with van der Waals surface area (Å²) in [7, 11) is 0. The molecule has 0 unspecified atom stereocenters. The molecule has 2 heterocycles. The van der Waals surface area contributed by atoms with Crippen LogP contribution in [0.15, 0.2) is 29.1 Å². The van der Waals surface area contributed by atoms with Gasteiger partial charge in [-0.25, -0.2) is 4.98 Å². The minimum Gasteiger partial charge on any atom is -0.507 e. The van der Waals surface area contributed by atoms with Crippen molar-refractivity contribution < 1.29 is 57.5 Å². The molecule has 5 atom stereocenters. The molecule has 3 rings (SSSR count). The zero-order valence-corrected chi connectivity index (χ0v) is 22.3. The Hall–Kier alpha value is -4.04. The molecule has 1 saturated heterocycles. The molecule has 39 heavy (non-hydrogen) atoms. The fraction of sp³-hybridized carbons (Fsp3) is 0.440. The first-order valence-electron chi connectivity index (χ1n) is 11.6. The summed E-state index contributed by atoms with van der Waals surface area (Å²) < 4.78 is 32.7. The fourth-order valence-corrected chi connectivity index (χ4v) is 4.38. The van der Waals surface area contributed by atoms with Gasteiger partial charge >= 0.3 is 23.9 Å². The molecule has 0 saturated carbocycles. The molecule has 1 aromatic heterocycles. The number of carbonyl (C=O) groups excluding carboxylic acids is 5. The van der Waals surface area contributed by atoms with Gasteiger partial charge in [-0.05, 0) is 12.1 Å². The summed E-state index contributed by atoms with van der Waals surface area (Å²) in [6.07, 6.45) is -6.90. The summed E-state index contributed by atoms with van der Waals surface area (Å²) in [6, 6.07) is 3.87. The summed E-state index contributed by atoms with van der Waals surface area (Å²) in [5.74, 6) is -3.78. The first-order valence-corrected chi connectivity index (χ1v) is 12.6. The maximum atomic E-state index is 12.6. The number of hydrogen-bond donors (Lipinski definition) is 1. The molecule has 14 heteroatoms. The number of carbonyl (C=O) groups is 5. The molecule has 0 radical (unpaired) electrons. The van der Waals surface area contributed by atoms with Gasteiger partial charge in [-0.15, -0.1) is 11.3 Å². The molecular formula is C25H27NO12S. The van der Waals surface area contributed by atoms with Crippen molar-refractivity contribution in [3.8, 4) is 11.5 Å². The van der Waals surface area contributed by atoms with E-state index in [1.54, 1.807) is 10.9 Å². The molecule has 210 valence electrons. The van der Waals surface area contributed by atoms with Gasteiger partial charge in [-0.2, -0.15) is 0 Å². The highest BCUT2D eigenvalue weighted by Gasteiger charge is 2.53. The highest BCUT2D eigenvalue weighted by atomic mass is 32.1. The van der Waals surface area contributed by atoms with Gasteiger partial charge in [0.15, 0.2) is 18.0 Å². The third kappa shape index (κ3) is 8.22. The Morgan fingerprint density at radius 3 is 2.13 bits per heavy atom. The Morgan fingerprint density at radius 1 is 0.923 bits per heavy atom. The molecule has 1 fully saturated rings. The number of hydrogen-bond acceptors (Lipinski definition) is 14. The number of esters is 4. The van der Waals surface area contributed by atoms with E-state index in [4.69, 9.17) is 28.4 Å². The first-order chi connectivity index (χ1) is 18.4. The summed E-state index contributed by atoms with van der Waals surface area (Å²) in [5.41, 5.74) is 2.17. The number of aromatic nitrogens is 1. The van der Waals surface area contributed by atoms with Crippen molar-refractivity contribution in [1.29, 1.82) is 0 Å². The van der Waals surface area contributed by atoms with Crippen LogP contribution in [0.25, 0.3) is 0 Å². The normalized spacial score (nSPS) is 22.3. The lowest BCUT2D eigenvalue weighted by Gasteiger charge is -2.43. The van der Waals surface area contributed by atoms with Crippen LogP contribution in [0.1, 0.15) is 43.7 Å². The summed E-state index contributed by atoms with van der Waals surface area (Å²) in [5, 5.41) is 12.2. The number of aromatic hydroxyl groups is 1. The predicted octanol–water partition coefficient (Wildman–Crippen LogP) is 1.74. The second kappa shape index (κ2) is 13.2. The number of ketones is 1. The summed E-state index contributed by atoms with van der Waals surface area (Å²) >= 11 is 1.34. The van der Waals surface area contributed by atoms with Crippen LogP contribution in [0.2, 0.25) is 0 Å². The zero-order chi connectivity index (χ0) is 28.7. The van der Waals surface area contributed by atoms with Crippen molar-refractivity contribution in [2.45, 2.75) is 64.8 Å². The maximum Gasteiger partial charge on any atom is 0.303 e. The lowest BCUT2D eigenvalue weighted by molar-refractivity contribution is -0.288. The summed E-state index contributed by atoms with van der Waals surface area (Å²) in [6.45, 7) is 4.04. The number of benzene rings is 1. The highest BCUT2D eigenvalue weighted by molar-refractivity contribution is 7.07. The van der Waals surface area contributed by atoms with Crippen molar-refractivity contribution in [3.63, 3.8) is 0 Å². The van der Waals surface area contributed by atoms with Crippen molar-refractivity contribution >= 4 is 41.0 Å². The first kappa shape index (κ1) is 29.5.